The van der Waals surface area contributed by atoms with Crippen LogP contribution >= 0.6 is 0 Å². The minimum absolute atomic E-state index is 0.122. The first-order valence-corrected chi connectivity index (χ1v) is 10.7. The Labute approximate surface area is 172 Å². The van der Waals surface area contributed by atoms with E-state index in [0.29, 0.717) is 31.3 Å². The van der Waals surface area contributed by atoms with Crippen molar-refractivity contribution in [2.24, 2.45) is 16.8 Å². The van der Waals surface area contributed by atoms with Crippen LogP contribution in [0.25, 0.3) is 0 Å². The lowest BCUT2D eigenvalue weighted by atomic mass is 9.92. The van der Waals surface area contributed by atoms with E-state index in [4.69, 9.17) is 0 Å². The van der Waals surface area contributed by atoms with Crippen molar-refractivity contribution in [2.45, 2.75) is 45.7 Å². The van der Waals surface area contributed by atoms with Gasteiger partial charge in [0, 0.05) is 59.3 Å². The van der Waals surface area contributed by atoms with Crippen molar-refractivity contribution in [3.63, 3.8) is 0 Å². The zero-order valence-electron chi connectivity index (χ0n) is 18.0. The summed E-state index contributed by atoms with van der Waals surface area (Å²) in [4.78, 5) is 23.2. The van der Waals surface area contributed by atoms with Crippen LogP contribution in [-0.2, 0) is 4.79 Å². The molecule has 2 heterocycles. The monoisotopic (exact) mass is 419 g/mol. The number of nitrogens with zero attached hydrogens (tertiary/aromatic N) is 4. The van der Waals surface area contributed by atoms with Gasteiger partial charge in [0.15, 0.2) is 5.96 Å². The molecule has 2 atom stereocenters. The highest BCUT2D eigenvalue weighted by atomic mass is 19.4. The number of unbranched alkanes of at least 4 members (excludes halogenated alkanes) is 1. The van der Waals surface area contributed by atoms with Crippen molar-refractivity contribution < 1.29 is 18.0 Å². The van der Waals surface area contributed by atoms with Crippen molar-refractivity contribution >= 4 is 11.9 Å². The number of carbonyl (C=O) groups excluding carboxylic acids is 1. The fraction of sp³-hybridized carbons (Fsp3) is 0.900. The molecule has 0 aromatic carbocycles. The Bertz CT molecular complexity index is 537. The van der Waals surface area contributed by atoms with E-state index < -0.39 is 12.6 Å². The molecule has 0 aromatic rings. The van der Waals surface area contributed by atoms with Crippen LogP contribution in [-0.4, -0.2) is 92.1 Å². The summed E-state index contributed by atoms with van der Waals surface area (Å²) in [6, 6.07) is 0. The highest BCUT2D eigenvalue weighted by Crippen LogP contribution is 2.22. The number of carbonyl (C=O) groups is 1. The smallest absolute Gasteiger partial charge is 0.356 e. The maximum Gasteiger partial charge on any atom is 0.389 e. The molecular formula is C20H36F3N5O. The number of nitrogens with one attached hydrogen (secondary N) is 1. The highest BCUT2D eigenvalue weighted by Gasteiger charge is 2.28. The van der Waals surface area contributed by atoms with E-state index in [-0.39, 0.29) is 12.3 Å². The number of rotatable bonds is 6. The summed E-state index contributed by atoms with van der Waals surface area (Å²) < 4.78 is 36.6. The molecule has 1 N–H and O–H groups in total. The summed E-state index contributed by atoms with van der Waals surface area (Å²) in [7, 11) is 1.69. The van der Waals surface area contributed by atoms with E-state index in [1.807, 2.05) is 4.90 Å². The minimum Gasteiger partial charge on any atom is -0.356 e. The molecule has 1 amide bonds. The molecule has 0 radical (unpaired) electrons. The topological polar surface area (TPSA) is 51.2 Å². The third-order valence-electron chi connectivity index (χ3n) is 5.63. The van der Waals surface area contributed by atoms with Gasteiger partial charge in [-0.25, -0.2) is 0 Å². The summed E-state index contributed by atoms with van der Waals surface area (Å²) >= 11 is 0. The fourth-order valence-corrected chi connectivity index (χ4v) is 4.26. The summed E-state index contributed by atoms with van der Waals surface area (Å²) in [6.07, 6.45) is -3.06. The number of hydrogen-bond acceptors (Lipinski definition) is 3. The third-order valence-corrected chi connectivity index (χ3v) is 5.63. The number of halogens is 3. The Kier molecular flexibility index (Phi) is 9.04. The highest BCUT2D eigenvalue weighted by molar-refractivity contribution is 5.80. The first kappa shape index (κ1) is 23.8. The van der Waals surface area contributed by atoms with Gasteiger partial charge in [-0.1, -0.05) is 13.8 Å². The van der Waals surface area contributed by atoms with Gasteiger partial charge in [-0.15, -0.1) is 0 Å². The van der Waals surface area contributed by atoms with Gasteiger partial charge in [0.1, 0.15) is 0 Å². The molecule has 0 aromatic heterocycles. The van der Waals surface area contributed by atoms with Crippen molar-refractivity contribution in [1.29, 1.82) is 0 Å². The second kappa shape index (κ2) is 11.0. The van der Waals surface area contributed by atoms with Gasteiger partial charge in [-0.3, -0.25) is 14.7 Å². The van der Waals surface area contributed by atoms with Crippen LogP contribution in [0.2, 0.25) is 0 Å². The van der Waals surface area contributed by atoms with Crippen LogP contribution in [0.4, 0.5) is 13.2 Å². The molecule has 2 saturated heterocycles. The Morgan fingerprint density at radius 2 is 1.66 bits per heavy atom. The van der Waals surface area contributed by atoms with Crippen molar-refractivity contribution in [3.05, 3.63) is 0 Å². The normalized spacial score (nSPS) is 24.7. The molecule has 9 heteroatoms. The van der Waals surface area contributed by atoms with Gasteiger partial charge in [0.05, 0.1) is 6.54 Å². The quantitative estimate of drug-likeness (QED) is 0.408. The van der Waals surface area contributed by atoms with Gasteiger partial charge < -0.3 is 15.1 Å². The number of alkyl halides is 3. The first-order valence-electron chi connectivity index (χ1n) is 10.7. The van der Waals surface area contributed by atoms with Crippen LogP contribution in [0.1, 0.15) is 39.5 Å². The number of likely N-dealkylation sites (tertiary alicyclic amines) is 1. The molecule has 2 unspecified atom stereocenters. The van der Waals surface area contributed by atoms with Crippen molar-refractivity contribution in [2.75, 3.05) is 59.4 Å². The van der Waals surface area contributed by atoms with Gasteiger partial charge >= 0.3 is 6.18 Å². The lowest BCUT2D eigenvalue weighted by Gasteiger charge is -2.39. The zero-order valence-corrected chi connectivity index (χ0v) is 18.0. The molecular weight excluding hydrogens is 383 g/mol. The van der Waals surface area contributed by atoms with Crippen LogP contribution in [0, 0.1) is 11.8 Å². The Morgan fingerprint density at radius 1 is 1.03 bits per heavy atom. The van der Waals surface area contributed by atoms with E-state index in [1.54, 1.807) is 7.05 Å². The molecule has 29 heavy (non-hydrogen) atoms. The maximum absolute atomic E-state index is 12.7. The number of amides is 1. The second-order valence-electron chi connectivity index (χ2n) is 8.55. The number of piperidine rings is 1. The van der Waals surface area contributed by atoms with Crippen LogP contribution in [0.5, 0.6) is 0 Å². The van der Waals surface area contributed by atoms with E-state index in [0.717, 1.165) is 45.2 Å². The Balaban J connectivity index is 1.68. The van der Waals surface area contributed by atoms with Crippen LogP contribution in [0.3, 0.4) is 0 Å². The number of aliphatic imine (C=N–C) groups is 1. The standard InChI is InChI=1S/C20H36F3N5O/c1-16-12-17(2)14-28(13-16)18(29)15-26-8-10-27(11-9-26)19(24-3)25-7-5-4-6-20(21,22)23/h16-17H,4-15H2,1-3H3,(H,24,25). The van der Waals surface area contributed by atoms with E-state index >= 15 is 0 Å². The molecule has 0 bridgehead atoms. The van der Waals surface area contributed by atoms with E-state index in [9.17, 15) is 18.0 Å². The van der Waals surface area contributed by atoms with Gasteiger partial charge in [-0.05, 0) is 31.1 Å². The van der Waals surface area contributed by atoms with Crippen molar-refractivity contribution in [1.82, 2.24) is 20.0 Å². The SMILES string of the molecule is CN=C(NCCCCC(F)(F)F)N1CCN(CC(=O)N2CC(C)CC(C)C2)CC1. The van der Waals surface area contributed by atoms with Gasteiger partial charge in [0.25, 0.3) is 0 Å². The molecule has 2 aliphatic heterocycles. The fourth-order valence-electron chi connectivity index (χ4n) is 4.26. The zero-order chi connectivity index (χ0) is 21.4. The van der Waals surface area contributed by atoms with Crippen molar-refractivity contribution in [3.8, 4) is 0 Å². The summed E-state index contributed by atoms with van der Waals surface area (Å²) in [6.45, 7) is 10.1. The molecule has 0 spiro atoms. The molecule has 2 aliphatic rings. The summed E-state index contributed by atoms with van der Waals surface area (Å²) in [5.74, 6) is 2.06. The minimum atomic E-state index is -4.08. The van der Waals surface area contributed by atoms with E-state index in [1.165, 1.54) is 6.42 Å². The lowest BCUT2D eigenvalue weighted by Crippen LogP contribution is -2.55. The summed E-state index contributed by atoms with van der Waals surface area (Å²) in [5, 5.41) is 3.16. The van der Waals surface area contributed by atoms with E-state index in [2.05, 4.69) is 34.0 Å². The summed E-state index contributed by atoms with van der Waals surface area (Å²) in [5.41, 5.74) is 0. The predicted molar refractivity (Wildman–Crippen MR) is 109 cm³/mol. The molecule has 0 saturated carbocycles. The molecule has 2 fully saturated rings. The van der Waals surface area contributed by atoms with Gasteiger partial charge in [-0.2, -0.15) is 13.2 Å². The average Bonchev–Trinajstić information content (AvgIpc) is 2.64. The second-order valence-corrected chi connectivity index (χ2v) is 8.55. The maximum atomic E-state index is 12.7. The van der Waals surface area contributed by atoms with Crippen LogP contribution < -0.4 is 5.32 Å². The third kappa shape index (κ3) is 8.40. The van der Waals surface area contributed by atoms with Crippen LogP contribution in [0.15, 0.2) is 4.99 Å². The molecule has 0 aliphatic carbocycles. The average molecular weight is 420 g/mol. The Hall–Kier alpha value is -1.51. The molecule has 2 rings (SSSR count). The largest absolute Gasteiger partial charge is 0.389 e. The number of hydrogen-bond donors (Lipinski definition) is 1. The predicted octanol–water partition coefficient (Wildman–Crippen LogP) is 2.42. The van der Waals surface area contributed by atoms with Gasteiger partial charge in [0.2, 0.25) is 5.91 Å². The Morgan fingerprint density at radius 3 is 2.21 bits per heavy atom. The molecule has 6 nitrogen and oxygen atoms in total. The lowest BCUT2D eigenvalue weighted by molar-refractivity contribution is -0.136. The first-order chi connectivity index (χ1) is 13.7. The molecule has 168 valence electrons. The number of piperazine rings is 1. The number of guanidine groups is 1.